The van der Waals surface area contributed by atoms with Crippen LogP contribution in [0.15, 0.2) is 6.20 Å². The number of nitrogens with one attached hydrogen (secondary N) is 2. The second-order valence-electron chi connectivity index (χ2n) is 6.74. The molecule has 3 rings (SSSR count). The molecule has 0 radical (unpaired) electrons. The molecule has 2 aliphatic heterocycles. The third-order valence-electron chi connectivity index (χ3n) is 5.14. The number of nitrogens with zero attached hydrogens (tertiary/aromatic N) is 3. The normalized spacial score (nSPS) is 22.0. The van der Waals surface area contributed by atoms with Gasteiger partial charge in [-0.15, -0.1) is 0 Å². The molecule has 0 saturated carbocycles. The number of H-pyrrole nitrogens is 1. The Kier molecular flexibility index (Phi) is 4.66. The van der Waals surface area contributed by atoms with Crippen molar-refractivity contribution in [3.05, 3.63) is 17.5 Å². The van der Waals surface area contributed by atoms with E-state index in [-0.39, 0.29) is 6.03 Å². The minimum Gasteiger partial charge on any atom is -0.335 e. The van der Waals surface area contributed by atoms with Crippen molar-refractivity contribution in [1.29, 1.82) is 0 Å². The summed E-state index contributed by atoms with van der Waals surface area (Å²) in [5.74, 6) is 0.533. The number of rotatable bonds is 2. The largest absolute Gasteiger partial charge is 0.335 e. The van der Waals surface area contributed by atoms with Gasteiger partial charge in [-0.05, 0) is 64.2 Å². The quantitative estimate of drug-likeness (QED) is 0.874. The Morgan fingerprint density at radius 3 is 2.50 bits per heavy atom. The van der Waals surface area contributed by atoms with Gasteiger partial charge in [-0.3, -0.25) is 5.10 Å². The van der Waals surface area contributed by atoms with Crippen LogP contribution in [0.5, 0.6) is 0 Å². The fourth-order valence-corrected chi connectivity index (χ4v) is 3.58. The molecule has 2 amide bonds. The van der Waals surface area contributed by atoms with Gasteiger partial charge in [0.15, 0.2) is 0 Å². The first-order chi connectivity index (χ1) is 10.6. The van der Waals surface area contributed by atoms with Crippen LogP contribution in [0.25, 0.3) is 0 Å². The van der Waals surface area contributed by atoms with Gasteiger partial charge in [-0.1, -0.05) is 0 Å². The molecule has 22 heavy (non-hydrogen) atoms. The molecule has 0 spiro atoms. The molecule has 0 aliphatic carbocycles. The summed E-state index contributed by atoms with van der Waals surface area (Å²) in [6, 6.07) is 0.467. The number of carbonyl (C=O) groups is 1. The molecule has 6 nitrogen and oxygen atoms in total. The number of carbonyl (C=O) groups excluding carboxylic acids is 1. The number of urea groups is 1. The lowest BCUT2D eigenvalue weighted by Gasteiger charge is -2.35. The molecule has 0 atom stereocenters. The van der Waals surface area contributed by atoms with E-state index < -0.39 is 0 Å². The van der Waals surface area contributed by atoms with Gasteiger partial charge >= 0.3 is 6.03 Å². The van der Waals surface area contributed by atoms with E-state index in [1.165, 1.54) is 5.56 Å². The molecule has 0 unspecified atom stereocenters. The molecule has 6 heteroatoms. The summed E-state index contributed by atoms with van der Waals surface area (Å²) < 4.78 is 0. The topological polar surface area (TPSA) is 64.3 Å². The lowest BCUT2D eigenvalue weighted by molar-refractivity contribution is 0.168. The molecule has 2 N–H and O–H groups in total. The summed E-state index contributed by atoms with van der Waals surface area (Å²) in [5.41, 5.74) is 2.48. The smallest absolute Gasteiger partial charge is 0.317 e. The first-order valence-electron chi connectivity index (χ1n) is 8.37. The highest BCUT2D eigenvalue weighted by atomic mass is 16.2. The van der Waals surface area contributed by atoms with Crippen LogP contribution in [0, 0.1) is 6.92 Å². The highest BCUT2D eigenvalue weighted by Crippen LogP contribution is 2.29. The van der Waals surface area contributed by atoms with Gasteiger partial charge in [0.1, 0.15) is 0 Å². The van der Waals surface area contributed by atoms with Crippen molar-refractivity contribution in [2.45, 2.75) is 44.6 Å². The van der Waals surface area contributed by atoms with Crippen molar-refractivity contribution < 1.29 is 4.79 Å². The molecule has 2 saturated heterocycles. The zero-order chi connectivity index (χ0) is 15.5. The van der Waals surface area contributed by atoms with Crippen LogP contribution in [0.3, 0.4) is 0 Å². The zero-order valence-corrected chi connectivity index (χ0v) is 13.6. The van der Waals surface area contributed by atoms with Gasteiger partial charge in [0.05, 0.1) is 6.20 Å². The number of aromatic amines is 1. The summed E-state index contributed by atoms with van der Waals surface area (Å²) in [5, 5.41) is 10.3. The highest BCUT2D eigenvalue weighted by molar-refractivity contribution is 5.74. The van der Waals surface area contributed by atoms with Gasteiger partial charge in [-0.25, -0.2) is 4.79 Å². The molecule has 1 aromatic rings. The standard InChI is InChI=1S/C16H27N5O/c1-12-15(11-17-19-12)13-3-9-21(10-4-13)16(22)18-14-5-7-20(2)8-6-14/h11,13-14H,3-10H2,1-2H3,(H,17,19)(H,18,22). The monoisotopic (exact) mass is 305 g/mol. The molecule has 0 aromatic carbocycles. The predicted octanol–water partition coefficient (Wildman–Crippen LogP) is 1.70. The number of aromatic nitrogens is 2. The molecule has 2 fully saturated rings. The summed E-state index contributed by atoms with van der Waals surface area (Å²) in [6.45, 7) is 5.91. The average Bonchev–Trinajstić information content (AvgIpc) is 2.96. The third kappa shape index (κ3) is 3.43. The minimum absolute atomic E-state index is 0.122. The Hall–Kier alpha value is -1.56. The molecular weight excluding hydrogens is 278 g/mol. The number of piperidine rings is 2. The van der Waals surface area contributed by atoms with Crippen LogP contribution in [0.2, 0.25) is 0 Å². The Morgan fingerprint density at radius 1 is 1.23 bits per heavy atom. The van der Waals surface area contributed by atoms with Crippen LogP contribution < -0.4 is 5.32 Å². The van der Waals surface area contributed by atoms with Crippen LogP contribution >= 0.6 is 0 Å². The van der Waals surface area contributed by atoms with Crippen molar-refractivity contribution in [2.24, 2.45) is 0 Å². The van der Waals surface area contributed by atoms with E-state index in [1.54, 1.807) is 0 Å². The van der Waals surface area contributed by atoms with E-state index in [0.29, 0.717) is 12.0 Å². The van der Waals surface area contributed by atoms with Crippen molar-refractivity contribution in [2.75, 3.05) is 33.2 Å². The summed E-state index contributed by atoms with van der Waals surface area (Å²) in [4.78, 5) is 16.7. The Labute approximate surface area is 132 Å². The van der Waals surface area contributed by atoms with E-state index in [4.69, 9.17) is 0 Å². The lowest BCUT2D eigenvalue weighted by atomic mass is 9.90. The first kappa shape index (κ1) is 15.3. The molecular formula is C16H27N5O. The maximum Gasteiger partial charge on any atom is 0.317 e. The van der Waals surface area contributed by atoms with Gasteiger partial charge in [0, 0.05) is 24.8 Å². The third-order valence-corrected chi connectivity index (χ3v) is 5.14. The minimum atomic E-state index is 0.122. The number of aryl methyl sites for hydroxylation is 1. The number of hydrogen-bond acceptors (Lipinski definition) is 3. The molecule has 0 bridgehead atoms. The Balaban J connectivity index is 1.47. The summed E-state index contributed by atoms with van der Waals surface area (Å²) in [6.07, 6.45) is 6.12. The van der Waals surface area contributed by atoms with Crippen LogP contribution in [-0.2, 0) is 0 Å². The summed E-state index contributed by atoms with van der Waals surface area (Å²) >= 11 is 0. The second kappa shape index (κ2) is 6.69. The van der Waals surface area contributed by atoms with Crippen molar-refractivity contribution in [3.63, 3.8) is 0 Å². The number of likely N-dealkylation sites (tertiary alicyclic amines) is 2. The van der Waals surface area contributed by atoms with E-state index in [0.717, 1.165) is 57.6 Å². The van der Waals surface area contributed by atoms with Gasteiger partial charge in [0.25, 0.3) is 0 Å². The van der Waals surface area contributed by atoms with Gasteiger partial charge in [0.2, 0.25) is 0 Å². The number of hydrogen-bond donors (Lipinski definition) is 2. The molecule has 3 heterocycles. The SMILES string of the molecule is Cc1[nH]ncc1C1CCN(C(=O)NC2CCN(C)CC2)CC1. The van der Waals surface area contributed by atoms with Crippen LogP contribution in [0.1, 0.15) is 42.9 Å². The van der Waals surface area contributed by atoms with Crippen LogP contribution in [-0.4, -0.2) is 65.3 Å². The van der Waals surface area contributed by atoms with Crippen molar-refractivity contribution in [3.8, 4) is 0 Å². The fraction of sp³-hybridized carbons (Fsp3) is 0.750. The van der Waals surface area contributed by atoms with Gasteiger partial charge < -0.3 is 15.1 Å². The van der Waals surface area contributed by atoms with E-state index in [1.807, 2.05) is 11.1 Å². The summed E-state index contributed by atoms with van der Waals surface area (Å²) in [7, 11) is 2.14. The van der Waals surface area contributed by atoms with E-state index in [9.17, 15) is 4.79 Å². The zero-order valence-electron chi connectivity index (χ0n) is 13.6. The Morgan fingerprint density at radius 2 is 1.91 bits per heavy atom. The molecule has 1 aromatic heterocycles. The van der Waals surface area contributed by atoms with E-state index >= 15 is 0 Å². The highest BCUT2D eigenvalue weighted by Gasteiger charge is 2.27. The fourth-order valence-electron chi connectivity index (χ4n) is 3.58. The lowest BCUT2D eigenvalue weighted by Crippen LogP contribution is -2.50. The number of amides is 2. The first-order valence-corrected chi connectivity index (χ1v) is 8.37. The predicted molar refractivity (Wildman–Crippen MR) is 85.9 cm³/mol. The average molecular weight is 305 g/mol. The van der Waals surface area contributed by atoms with Crippen molar-refractivity contribution in [1.82, 2.24) is 25.3 Å². The second-order valence-corrected chi connectivity index (χ2v) is 6.74. The van der Waals surface area contributed by atoms with E-state index in [2.05, 4.69) is 34.4 Å². The maximum absolute atomic E-state index is 12.4. The molecule has 2 aliphatic rings. The maximum atomic E-state index is 12.4. The van der Waals surface area contributed by atoms with Crippen LogP contribution in [0.4, 0.5) is 4.79 Å². The van der Waals surface area contributed by atoms with Gasteiger partial charge in [-0.2, -0.15) is 5.10 Å². The Bertz CT molecular complexity index is 498. The molecule has 122 valence electrons. The van der Waals surface area contributed by atoms with Crippen molar-refractivity contribution >= 4 is 6.03 Å².